The van der Waals surface area contributed by atoms with Gasteiger partial charge in [0.25, 0.3) is 0 Å². The summed E-state index contributed by atoms with van der Waals surface area (Å²) in [7, 11) is 0. The normalized spacial score (nSPS) is 14.5. The fourth-order valence-corrected chi connectivity index (χ4v) is 6.00. The highest BCUT2D eigenvalue weighted by atomic mass is 16.5. The van der Waals surface area contributed by atoms with Gasteiger partial charge in [0, 0.05) is 28.2 Å². The van der Waals surface area contributed by atoms with E-state index in [1.54, 1.807) is 0 Å². The average molecular weight is 617 g/mol. The lowest BCUT2D eigenvalue weighted by molar-refractivity contribution is 0.103. The highest BCUT2D eigenvalue weighted by molar-refractivity contribution is 6.15. The minimum absolute atomic E-state index is 0.124. The van der Waals surface area contributed by atoms with Crippen LogP contribution in [0.15, 0.2) is 199 Å². The molecule has 0 radical (unpaired) electrons. The van der Waals surface area contributed by atoms with Gasteiger partial charge in [0.05, 0.1) is 11.1 Å². The second-order valence-electron chi connectivity index (χ2n) is 11.4. The molecule has 0 saturated heterocycles. The lowest BCUT2D eigenvalue weighted by Crippen LogP contribution is -2.20. The van der Waals surface area contributed by atoms with E-state index in [1.165, 1.54) is 0 Å². The summed E-state index contributed by atoms with van der Waals surface area (Å²) in [6, 6.07) is 60.0. The third-order valence-corrected chi connectivity index (χ3v) is 8.28. The number of ketones is 1. The first-order valence-corrected chi connectivity index (χ1v) is 16.0. The average Bonchev–Trinajstić information content (AvgIpc) is 3.17. The van der Waals surface area contributed by atoms with Crippen molar-refractivity contribution < 1.29 is 9.53 Å². The number of hydrogen-bond donors (Lipinski definition) is 0. The first kappa shape index (κ1) is 30.2. The molecular weight excluding hydrogens is 585 g/mol. The number of carbonyl (C=O) groups excluding carboxylic acids is 1. The standard InChI is InChI=1S/C46H32O2/c47-44(38-27-15-5-16-28-38)41(33-35-21-9-2-10-22-35)46-43(37-25-13-4-14-26-37)42(36-23-11-3-12-24-36)40(32-31-34-19-7-1-8-20-34)45(48-46)39-29-17-6-18-30-39/h1-30,33,42H/b41-33-. The summed E-state index contributed by atoms with van der Waals surface area (Å²) in [6.45, 7) is 0. The van der Waals surface area contributed by atoms with Crippen LogP contribution < -0.4 is 0 Å². The summed E-state index contributed by atoms with van der Waals surface area (Å²) < 4.78 is 7.14. The quantitative estimate of drug-likeness (QED) is 0.101. The molecule has 0 amide bonds. The summed E-state index contributed by atoms with van der Waals surface area (Å²) in [5, 5.41) is 0. The van der Waals surface area contributed by atoms with Crippen molar-refractivity contribution in [2.45, 2.75) is 5.92 Å². The Hall–Kier alpha value is -6.43. The van der Waals surface area contributed by atoms with E-state index in [0.29, 0.717) is 22.7 Å². The van der Waals surface area contributed by atoms with Gasteiger partial charge in [-0.15, -0.1) is 0 Å². The number of carbonyl (C=O) groups is 1. The molecule has 48 heavy (non-hydrogen) atoms. The molecule has 2 heteroatoms. The van der Waals surface area contributed by atoms with Crippen molar-refractivity contribution in [3.8, 4) is 11.8 Å². The van der Waals surface area contributed by atoms with Crippen molar-refractivity contribution in [1.29, 1.82) is 0 Å². The molecule has 228 valence electrons. The summed E-state index contributed by atoms with van der Waals surface area (Å²) >= 11 is 0. The van der Waals surface area contributed by atoms with Crippen LogP contribution in [0, 0.1) is 11.8 Å². The van der Waals surface area contributed by atoms with Crippen LogP contribution in [0.4, 0.5) is 0 Å². The second kappa shape index (κ2) is 14.3. The zero-order valence-corrected chi connectivity index (χ0v) is 26.3. The molecule has 6 aromatic carbocycles. The molecule has 1 unspecified atom stereocenters. The largest absolute Gasteiger partial charge is 0.455 e. The molecule has 6 aromatic rings. The highest BCUT2D eigenvalue weighted by Gasteiger charge is 2.37. The van der Waals surface area contributed by atoms with Crippen molar-refractivity contribution in [3.63, 3.8) is 0 Å². The number of benzene rings is 6. The van der Waals surface area contributed by atoms with Crippen LogP contribution in [-0.2, 0) is 4.74 Å². The molecule has 1 aliphatic rings. The lowest BCUT2D eigenvalue weighted by atomic mass is 9.76. The number of allylic oxidation sites excluding steroid dienone is 3. The number of ether oxygens (including phenoxy) is 1. The Balaban J connectivity index is 1.57. The Morgan fingerprint density at radius 3 is 1.65 bits per heavy atom. The van der Waals surface area contributed by atoms with Gasteiger partial charge in [-0.1, -0.05) is 182 Å². The van der Waals surface area contributed by atoms with Gasteiger partial charge in [-0.25, -0.2) is 0 Å². The van der Waals surface area contributed by atoms with Crippen LogP contribution >= 0.6 is 0 Å². The van der Waals surface area contributed by atoms with Crippen molar-refractivity contribution in [3.05, 3.63) is 232 Å². The minimum atomic E-state index is -0.341. The fraction of sp³-hybridized carbons (Fsp3) is 0.0217. The maximum absolute atomic E-state index is 14.7. The topological polar surface area (TPSA) is 26.3 Å². The van der Waals surface area contributed by atoms with Crippen molar-refractivity contribution >= 4 is 23.2 Å². The lowest BCUT2D eigenvalue weighted by Gasteiger charge is -2.33. The van der Waals surface area contributed by atoms with Crippen molar-refractivity contribution in [2.24, 2.45) is 0 Å². The molecule has 0 spiro atoms. The summed E-state index contributed by atoms with van der Waals surface area (Å²) in [5.74, 6) is 7.67. The molecule has 1 atom stereocenters. The summed E-state index contributed by atoms with van der Waals surface area (Å²) in [6.07, 6.45) is 1.94. The number of rotatable bonds is 7. The van der Waals surface area contributed by atoms with Crippen molar-refractivity contribution in [1.82, 2.24) is 0 Å². The van der Waals surface area contributed by atoms with Gasteiger partial charge >= 0.3 is 0 Å². The molecule has 0 bridgehead atoms. The van der Waals surface area contributed by atoms with Crippen molar-refractivity contribution in [2.75, 3.05) is 0 Å². The molecule has 7 rings (SSSR count). The van der Waals surface area contributed by atoms with Crippen LogP contribution in [-0.4, -0.2) is 5.78 Å². The molecule has 0 aromatic heterocycles. The minimum Gasteiger partial charge on any atom is -0.455 e. The van der Waals surface area contributed by atoms with E-state index < -0.39 is 0 Å². The van der Waals surface area contributed by atoms with Crippen LogP contribution in [0.2, 0.25) is 0 Å². The van der Waals surface area contributed by atoms with E-state index in [4.69, 9.17) is 4.74 Å². The zero-order valence-electron chi connectivity index (χ0n) is 26.3. The van der Waals surface area contributed by atoms with E-state index in [0.717, 1.165) is 39.0 Å². The van der Waals surface area contributed by atoms with Gasteiger partial charge in [-0.05, 0) is 34.9 Å². The maximum Gasteiger partial charge on any atom is 0.196 e. The maximum atomic E-state index is 14.7. The van der Waals surface area contributed by atoms with E-state index in [-0.39, 0.29) is 11.7 Å². The van der Waals surface area contributed by atoms with Gasteiger partial charge in [-0.3, -0.25) is 4.79 Å². The Bertz CT molecular complexity index is 2170. The number of hydrogen-bond acceptors (Lipinski definition) is 2. The van der Waals surface area contributed by atoms with Gasteiger partial charge in [0.1, 0.15) is 11.5 Å². The van der Waals surface area contributed by atoms with Crippen LogP contribution in [0.25, 0.3) is 17.4 Å². The Labute approximate surface area is 282 Å². The Morgan fingerprint density at radius 1 is 0.542 bits per heavy atom. The smallest absolute Gasteiger partial charge is 0.196 e. The Morgan fingerprint density at radius 2 is 1.04 bits per heavy atom. The molecule has 1 aliphatic heterocycles. The molecule has 2 nitrogen and oxygen atoms in total. The van der Waals surface area contributed by atoms with E-state index in [1.807, 2.05) is 164 Å². The zero-order chi connectivity index (χ0) is 32.5. The summed E-state index contributed by atoms with van der Waals surface area (Å²) in [4.78, 5) is 14.7. The molecule has 0 aliphatic carbocycles. The molecule has 1 heterocycles. The molecule has 0 fully saturated rings. The SMILES string of the molecule is O=C(/C(=C/c1ccccc1)C1=C(c2ccccc2)C(c2ccccc2)C(C#Cc2ccccc2)=C(c2ccccc2)O1)c1ccccc1. The van der Waals surface area contributed by atoms with E-state index >= 15 is 0 Å². The predicted molar refractivity (Wildman–Crippen MR) is 196 cm³/mol. The number of Topliss-reactive ketones (excluding diaryl/α,β-unsaturated/α-hetero) is 1. The first-order chi connectivity index (χ1) is 23.8. The third-order valence-electron chi connectivity index (χ3n) is 8.28. The first-order valence-electron chi connectivity index (χ1n) is 16.0. The van der Waals surface area contributed by atoms with Crippen LogP contribution in [0.3, 0.4) is 0 Å². The second-order valence-corrected chi connectivity index (χ2v) is 11.4. The van der Waals surface area contributed by atoms with E-state index in [2.05, 4.69) is 36.1 Å². The van der Waals surface area contributed by atoms with Crippen LogP contribution in [0.5, 0.6) is 0 Å². The molecule has 0 N–H and O–H groups in total. The summed E-state index contributed by atoms with van der Waals surface area (Å²) in [5.41, 5.74) is 7.44. The monoisotopic (exact) mass is 616 g/mol. The predicted octanol–water partition coefficient (Wildman–Crippen LogP) is 10.6. The fourth-order valence-electron chi connectivity index (χ4n) is 6.00. The molecular formula is C46H32O2. The van der Waals surface area contributed by atoms with Gasteiger partial charge in [-0.2, -0.15) is 0 Å². The van der Waals surface area contributed by atoms with Gasteiger partial charge in [0.2, 0.25) is 0 Å². The van der Waals surface area contributed by atoms with Crippen LogP contribution in [0.1, 0.15) is 44.1 Å². The van der Waals surface area contributed by atoms with Gasteiger partial charge in [0.15, 0.2) is 5.78 Å². The highest BCUT2D eigenvalue weighted by Crippen LogP contribution is 2.49. The van der Waals surface area contributed by atoms with Gasteiger partial charge < -0.3 is 4.74 Å². The molecule has 0 saturated carbocycles. The van der Waals surface area contributed by atoms with E-state index in [9.17, 15) is 4.79 Å². The third kappa shape index (κ3) is 6.58. The Kier molecular flexibility index (Phi) is 9.03.